The molecule has 0 spiro atoms. The first-order chi connectivity index (χ1) is 11.7. The van der Waals surface area contributed by atoms with Crippen molar-refractivity contribution in [1.82, 2.24) is 4.31 Å². The van der Waals surface area contributed by atoms with Crippen molar-refractivity contribution in [3.63, 3.8) is 0 Å². The van der Waals surface area contributed by atoms with Gasteiger partial charge < -0.3 is 5.32 Å². The minimum atomic E-state index is -3.58. The largest absolute Gasteiger partial charge is 0.363 e. The Bertz CT molecular complexity index is 938. The minimum Gasteiger partial charge on any atom is -0.363 e. The minimum absolute atomic E-state index is 0.326. The van der Waals surface area contributed by atoms with Crippen molar-refractivity contribution in [2.75, 3.05) is 5.32 Å². The van der Waals surface area contributed by atoms with Gasteiger partial charge in [0.2, 0.25) is 10.0 Å². The maximum Gasteiger partial charge on any atom is 0.247 e. The van der Waals surface area contributed by atoms with Gasteiger partial charge >= 0.3 is 0 Å². The van der Waals surface area contributed by atoms with Crippen LogP contribution in [0, 0.1) is 0 Å². The second-order valence-electron chi connectivity index (χ2n) is 5.59. The molecule has 0 radical (unpaired) electrons. The van der Waals surface area contributed by atoms with Crippen molar-refractivity contribution in [3.8, 4) is 0 Å². The van der Waals surface area contributed by atoms with Gasteiger partial charge in [-0.2, -0.15) is 4.31 Å². The van der Waals surface area contributed by atoms with E-state index in [1.54, 1.807) is 23.5 Å². The molecule has 0 fully saturated rings. The van der Waals surface area contributed by atoms with Gasteiger partial charge in [0.25, 0.3) is 0 Å². The Balaban J connectivity index is 1.83. The lowest BCUT2D eigenvalue weighted by molar-refractivity contribution is 0.340. The predicted molar refractivity (Wildman–Crippen MR) is 96.3 cm³/mol. The number of benzene rings is 2. The third-order valence-corrected chi connectivity index (χ3v) is 6.84. The molecule has 3 aromatic rings. The van der Waals surface area contributed by atoms with Gasteiger partial charge in [0.05, 0.1) is 5.69 Å². The standard InChI is InChI=1S/C18H16N2O2S2/c21-24(22)17-11-5-4-9-15(17)19-18(16-10-6-12-23-16)20(24)13-14-7-2-1-3-8-14/h1-12,18-19H,13H2/t18-/m0/s1. The topological polar surface area (TPSA) is 49.4 Å². The SMILES string of the molecule is O=S1(=O)c2ccccc2N[C@H](c2cccs2)N1Cc1ccccc1. The molecule has 2 aromatic carbocycles. The fourth-order valence-corrected chi connectivity index (χ4v) is 5.42. The molecule has 0 aliphatic carbocycles. The molecular formula is C18H16N2O2S2. The van der Waals surface area contributed by atoms with E-state index in [1.807, 2.05) is 60.0 Å². The Hall–Kier alpha value is -2.15. The van der Waals surface area contributed by atoms with E-state index in [0.29, 0.717) is 17.1 Å². The van der Waals surface area contributed by atoms with Gasteiger partial charge in [-0.05, 0) is 29.1 Å². The number of para-hydroxylation sites is 1. The molecule has 4 nitrogen and oxygen atoms in total. The van der Waals surface area contributed by atoms with Crippen LogP contribution in [0.2, 0.25) is 0 Å². The van der Waals surface area contributed by atoms with Crippen molar-refractivity contribution in [2.24, 2.45) is 0 Å². The number of nitrogens with zero attached hydrogens (tertiary/aromatic N) is 1. The molecule has 0 unspecified atom stereocenters. The average molecular weight is 356 g/mol. The third kappa shape index (κ3) is 2.62. The first kappa shape index (κ1) is 15.4. The summed E-state index contributed by atoms with van der Waals surface area (Å²) in [6.07, 6.45) is -0.398. The van der Waals surface area contributed by atoms with Crippen molar-refractivity contribution in [2.45, 2.75) is 17.6 Å². The van der Waals surface area contributed by atoms with Crippen LogP contribution in [0.4, 0.5) is 5.69 Å². The molecule has 1 N–H and O–H groups in total. The highest BCUT2D eigenvalue weighted by Gasteiger charge is 2.39. The van der Waals surface area contributed by atoms with E-state index in [9.17, 15) is 8.42 Å². The zero-order valence-corrected chi connectivity index (χ0v) is 14.4. The van der Waals surface area contributed by atoms with Crippen LogP contribution in [0.5, 0.6) is 0 Å². The Labute approximate surface area is 145 Å². The summed E-state index contributed by atoms with van der Waals surface area (Å²) < 4.78 is 27.9. The first-order valence-corrected chi connectivity index (χ1v) is 9.93. The molecule has 0 bridgehead atoms. The quantitative estimate of drug-likeness (QED) is 0.770. The number of thiophene rings is 1. The Morgan fingerprint density at radius 1 is 0.958 bits per heavy atom. The Morgan fingerprint density at radius 3 is 2.46 bits per heavy atom. The van der Waals surface area contributed by atoms with Gasteiger partial charge in [0.15, 0.2) is 0 Å². The van der Waals surface area contributed by atoms with Gasteiger partial charge in [-0.25, -0.2) is 8.42 Å². The van der Waals surface area contributed by atoms with Crippen LogP contribution in [0.3, 0.4) is 0 Å². The lowest BCUT2D eigenvalue weighted by Gasteiger charge is -2.36. The van der Waals surface area contributed by atoms with Gasteiger partial charge in [-0.3, -0.25) is 0 Å². The Morgan fingerprint density at radius 2 is 1.71 bits per heavy atom. The lowest BCUT2D eigenvalue weighted by Crippen LogP contribution is -2.41. The number of anilines is 1. The van der Waals surface area contributed by atoms with Gasteiger partial charge in [-0.1, -0.05) is 48.5 Å². The van der Waals surface area contributed by atoms with E-state index in [0.717, 1.165) is 10.4 Å². The van der Waals surface area contributed by atoms with Crippen LogP contribution in [0.15, 0.2) is 77.0 Å². The van der Waals surface area contributed by atoms with Crippen LogP contribution in [0.1, 0.15) is 16.6 Å². The van der Waals surface area contributed by atoms with E-state index >= 15 is 0 Å². The monoisotopic (exact) mass is 356 g/mol. The highest BCUT2D eigenvalue weighted by atomic mass is 32.2. The normalized spacial score (nSPS) is 19.4. The second-order valence-corrected chi connectivity index (χ2v) is 8.43. The number of hydrogen-bond donors (Lipinski definition) is 1. The lowest BCUT2D eigenvalue weighted by atomic mass is 10.2. The highest BCUT2D eigenvalue weighted by molar-refractivity contribution is 7.89. The zero-order chi connectivity index (χ0) is 16.6. The molecule has 1 aliphatic heterocycles. The van der Waals surface area contributed by atoms with Crippen molar-refractivity contribution < 1.29 is 8.42 Å². The number of sulfonamides is 1. The van der Waals surface area contributed by atoms with Crippen molar-refractivity contribution in [1.29, 1.82) is 0 Å². The molecular weight excluding hydrogens is 340 g/mol. The maximum absolute atomic E-state index is 13.2. The molecule has 122 valence electrons. The summed E-state index contributed by atoms with van der Waals surface area (Å²) in [7, 11) is -3.58. The molecule has 0 saturated carbocycles. The highest BCUT2D eigenvalue weighted by Crippen LogP contribution is 2.40. The van der Waals surface area contributed by atoms with Gasteiger partial charge in [0.1, 0.15) is 11.1 Å². The fraction of sp³-hybridized carbons (Fsp3) is 0.111. The summed E-state index contributed by atoms with van der Waals surface area (Å²) in [5.74, 6) is 0. The summed E-state index contributed by atoms with van der Waals surface area (Å²) >= 11 is 1.55. The maximum atomic E-state index is 13.2. The van der Waals surface area contributed by atoms with E-state index in [4.69, 9.17) is 0 Å². The smallest absolute Gasteiger partial charge is 0.247 e. The van der Waals surface area contributed by atoms with Crippen LogP contribution in [0.25, 0.3) is 0 Å². The number of hydrogen-bond acceptors (Lipinski definition) is 4. The van der Waals surface area contributed by atoms with Crippen LogP contribution >= 0.6 is 11.3 Å². The molecule has 24 heavy (non-hydrogen) atoms. The zero-order valence-electron chi connectivity index (χ0n) is 12.8. The molecule has 4 rings (SSSR count). The molecule has 0 amide bonds. The molecule has 0 saturated heterocycles. The summed E-state index contributed by atoms with van der Waals surface area (Å²) in [6, 6.07) is 20.6. The van der Waals surface area contributed by atoms with Gasteiger partial charge in [-0.15, -0.1) is 11.3 Å². The number of fused-ring (bicyclic) bond motifs is 1. The Kier molecular flexibility index (Phi) is 3.88. The molecule has 2 heterocycles. The molecule has 6 heteroatoms. The summed E-state index contributed by atoms with van der Waals surface area (Å²) in [5.41, 5.74) is 1.61. The summed E-state index contributed by atoms with van der Waals surface area (Å²) in [5, 5.41) is 5.35. The fourth-order valence-electron chi connectivity index (χ4n) is 2.89. The number of rotatable bonds is 3. The van der Waals surface area contributed by atoms with Gasteiger partial charge in [0, 0.05) is 11.4 Å². The first-order valence-electron chi connectivity index (χ1n) is 7.61. The van der Waals surface area contributed by atoms with E-state index < -0.39 is 16.2 Å². The predicted octanol–water partition coefficient (Wildman–Crippen LogP) is 4.06. The third-order valence-electron chi connectivity index (χ3n) is 4.05. The van der Waals surface area contributed by atoms with E-state index in [-0.39, 0.29) is 0 Å². The van der Waals surface area contributed by atoms with Crippen LogP contribution < -0.4 is 5.32 Å². The average Bonchev–Trinajstić information content (AvgIpc) is 3.13. The van der Waals surface area contributed by atoms with Crippen molar-refractivity contribution in [3.05, 3.63) is 82.6 Å². The van der Waals surface area contributed by atoms with Crippen LogP contribution in [-0.4, -0.2) is 12.7 Å². The van der Waals surface area contributed by atoms with Crippen LogP contribution in [-0.2, 0) is 16.6 Å². The summed E-state index contributed by atoms with van der Waals surface area (Å²) in [6.45, 7) is 0.326. The molecule has 1 aromatic heterocycles. The molecule has 1 aliphatic rings. The number of nitrogens with one attached hydrogen (secondary N) is 1. The summed E-state index contributed by atoms with van der Waals surface area (Å²) in [4.78, 5) is 1.30. The molecule has 1 atom stereocenters. The van der Waals surface area contributed by atoms with E-state index in [2.05, 4.69) is 5.32 Å². The van der Waals surface area contributed by atoms with E-state index in [1.165, 1.54) is 4.31 Å². The second kappa shape index (κ2) is 6.05. The van der Waals surface area contributed by atoms with Crippen molar-refractivity contribution >= 4 is 27.0 Å².